The van der Waals surface area contributed by atoms with E-state index in [4.69, 9.17) is 0 Å². The van der Waals surface area contributed by atoms with E-state index in [-0.39, 0.29) is 28.2 Å². The van der Waals surface area contributed by atoms with Crippen molar-refractivity contribution in [3.05, 3.63) is 91.0 Å². The molecular formula is C18H23F6PS. The van der Waals surface area contributed by atoms with Gasteiger partial charge in [0.1, 0.15) is 0 Å². The molecule has 0 bridgehead atoms. The van der Waals surface area contributed by atoms with Crippen LogP contribution in [0.1, 0.15) is 0 Å². The molecule has 0 amide bonds. The lowest BCUT2D eigenvalue weighted by atomic mass is 10.4. The number of halogens is 6. The first-order chi connectivity index (χ1) is 9.82. The van der Waals surface area contributed by atoms with Gasteiger partial charge < -0.3 is 0 Å². The van der Waals surface area contributed by atoms with Crippen molar-refractivity contribution in [1.29, 1.82) is 0 Å². The largest absolute Gasteiger partial charge is 0.269 e. The lowest BCUT2D eigenvalue weighted by Crippen LogP contribution is -1.95. The first-order valence-electron chi connectivity index (χ1n) is 6.58. The van der Waals surface area contributed by atoms with E-state index in [1.54, 1.807) is 0 Å². The Balaban J connectivity index is -0.000000403. The van der Waals surface area contributed by atoms with Gasteiger partial charge in [-0.2, -0.15) is 0 Å². The highest BCUT2D eigenvalue weighted by Gasteiger charge is 2.25. The third kappa shape index (κ3) is 6.07. The Morgan fingerprint density at radius 2 is 0.577 bits per heavy atom. The third-order valence-corrected chi connectivity index (χ3v) is 8.84. The minimum absolute atomic E-state index is 0. The highest BCUT2D eigenvalue weighted by Crippen LogP contribution is 2.73. The third-order valence-electron chi connectivity index (χ3n) is 3.34. The van der Waals surface area contributed by atoms with Crippen LogP contribution < -0.4 is 0 Å². The maximum absolute atomic E-state index is 3.14. The Labute approximate surface area is 152 Å². The Bertz CT molecular complexity index is 589. The van der Waals surface area contributed by atoms with Crippen LogP contribution in [-0.2, 0) is 0 Å². The van der Waals surface area contributed by atoms with Gasteiger partial charge in [-0.1, -0.05) is 63.0 Å². The van der Waals surface area contributed by atoms with Crippen molar-refractivity contribution >= 4 is 18.1 Å². The van der Waals surface area contributed by atoms with Gasteiger partial charge in [0.05, 0.1) is 0 Å². The van der Waals surface area contributed by atoms with Gasteiger partial charge in [0.15, 0.2) is 0 Å². The molecule has 0 saturated carbocycles. The molecule has 0 saturated heterocycles. The molecule has 1 unspecified atom stereocenters. The van der Waals surface area contributed by atoms with Crippen molar-refractivity contribution in [3.63, 3.8) is 0 Å². The Hall–Kier alpha value is -1.98. The number of benzene rings is 3. The summed E-state index contributed by atoms with van der Waals surface area (Å²) in [6.07, 6.45) is 0. The van der Waals surface area contributed by atoms with Gasteiger partial charge in [-0.3, -0.25) is 28.2 Å². The van der Waals surface area contributed by atoms with E-state index in [9.17, 15) is 0 Å². The molecule has 0 radical (unpaired) electrons. The minimum atomic E-state index is -1.26. The van der Waals surface area contributed by atoms with E-state index in [0.717, 1.165) is 0 Å². The topological polar surface area (TPSA) is 0 Å². The summed E-state index contributed by atoms with van der Waals surface area (Å²) in [6.45, 7) is 0. The Morgan fingerprint density at radius 3 is 0.769 bits per heavy atom. The van der Waals surface area contributed by atoms with Crippen LogP contribution in [0.15, 0.2) is 106 Å². The molecule has 0 N–H and O–H groups in total. The van der Waals surface area contributed by atoms with Gasteiger partial charge >= 0.3 is 0 Å². The van der Waals surface area contributed by atoms with Crippen molar-refractivity contribution in [2.45, 2.75) is 14.7 Å². The Morgan fingerprint density at radius 1 is 0.385 bits per heavy atom. The summed E-state index contributed by atoms with van der Waals surface area (Å²) in [7, 11) is 1.88. The lowest BCUT2D eigenvalue weighted by Gasteiger charge is -2.37. The van der Waals surface area contributed by atoms with Crippen molar-refractivity contribution in [2.24, 2.45) is 0 Å². The summed E-state index contributed by atoms with van der Waals surface area (Å²) < 4.78 is 0. The maximum atomic E-state index is 3.14. The van der Waals surface area contributed by atoms with Crippen LogP contribution in [0, 0.1) is 0 Å². The molecule has 0 aliphatic heterocycles. The average molecular weight is 416 g/mol. The van der Waals surface area contributed by atoms with Gasteiger partial charge in [-0.15, -0.1) is 9.65 Å². The average Bonchev–Trinajstić information content (AvgIpc) is 2.56. The van der Waals surface area contributed by atoms with E-state index in [1.807, 2.05) is 0 Å². The molecule has 3 aromatic rings. The molecule has 1 atom stereocenters. The fraction of sp³-hybridized carbons (Fsp3) is 0. The summed E-state index contributed by atoms with van der Waals surface area (Å²) >= 11 is 0. The van der Waals surface area contributed by atoms with Crippen molar-refractivity contribution in [1.82, 2.24) is 0 Å². The maximum Gasteiger partial charge on any atom is 0.00132 e. The van der Waals surface area contributed by atoms with Crippen molar-refractivity contribution < 1.29 is 28.2 Å². The number of hydrogen-bond acceptors (Lipinski definition) is 0. The van der Waals surface area contributed by atoms with E-state index in [2.05, 4.69) is 99.4 Å². The second-order valence-corrected chi connectivity index (χ2v) is 9.45. The molecule has 8 heteroatoms. The fourth-order valence-electron chi connectivity index (χ4n) is 2.31. The molecule has 148 valence electrons. The predicted octanol–water partition coefficient (Wildman–Crippen LogP) is 6.67. The van der Waals surface area contributed by atoms with E-state index in [0.29, 0.717) is 0 Å². The lowest BCUT2D eigenvalue weighted by molar-refractivity contribution is 1.11. The molecule has 0 aliphatic rings. The van der Waals surface area contributed by atoms with Crippen LogP contribution in [0.5, 0.6) is 0 Å². The molecule has 26 heavy (non-hydrogen) atoms. The van der Waals surface area contributed by atoms with Gasteiger partial charge in [0.2, 0.25) is 0 Å². The number of rotatable bonds is 3. The van der Waals surface area contributed by atoms with E-state index >= 15 is 0 Å². The standard InChI is InChI=1S/C18H17PS.6FH/c19-20(16-10-4-1-5-11-16,17-12-6-2-7-13-17)18-14-8-3-9-15-18;;;;;;/h1-15H,19H2;6*1H. The molecule has 0 heterocycles. The van der Waals surface area contributed by atoms with Crippen molar-refractivity contribution in [2.75, 3.05) is 0 Å². The molecule has 0 aromatic heterocycles. The molecule has 0 nitrogen and oxygen atoms in total. The zero-order valence-electron chi connectivity index (χ0n) is 13.6. The van der Waals surface area contributed by atoms with E-state index in [1.165, 1.54) is 14.7 Å². The molecule has 3 rings (SSSR count). The normalized spacial score (nSPS) is 9.27. The SMILES string of the molecule is F.F.F.F.F.F.PS(c1ccccc1)(c1ccccc1)c1ccccc1. The second-order valence-electron chi connectivity index (χ2n) is 4.60. The zero-order chi connectivity index (χ0) is 13.8. The van der Waals surface area contributed by atoms with Crippen molar-refractivity contribution in [3.8, 4) is 0 Å². The minimum Gasteiger partial charge on any atom is -0.269 e. The summed E-state index contributed by atoms with van der Waals surface area (Å²) in [6, 6.07) is 32.3. The quantitative estimate of drug-likeness (QED) is 0.330. The molecule has 0 aliphatic carbocycles. The second kappa shape index (κ2) is 14.2. The smallest absolute Gasteiger partial charge is 0.00132 e. The highest BCUT2D eigenvalue weighted by molar-refractivity contribution is 8.68. The fourth-order valence-corrected chi connectivity index (χ4v) is 6.30. The molecule has 0 fully saturated rings. The predicted molar refractivity (Wildman–Crippen MR) is 106 cm³/mol. The van der Waals surface area contributed by atoms with Gasteiger partial charge in [-0.25, -0.2) is 0 Å². The van der Waals surface area contributed by atoms with E-state index < -0.39 is 9.65 Å². The Kier molecular flexibility index (Phi) is 17.4. The molecule has 3 aromatic carbocycles. The van der Waals surface area contributed by atoms with Gasteiger partial charge in [-0.05, 0) is 36.4 Å². The van der Waals surface area contributed by atoms with Crippen LogP contribution in [0.2, 0.25) is 0 Å². The van der Waals surface area contributed by atoms with Crippen LogP contribution in [0.25, 0.3) is 0 Å². The summed E-state index contributed by atoms with van der Waals surface area (Å²) in [5.74, 6) is 0. The van der Waals surface area contributed by atoms with Crippen LogP contribution in [0.3, 0.4) is 0 Å². The summed E-state index contributed by atoms with van der Waals surface area (Å²) in [5, 5.41) is 0. The van der Waals surface area contributed by atoms with Crippen LogP contribution in [-0.4, -0.2) is 0 Å². The molecule has 0 spiro atoms. The van der Waals surface area contributed by atoms with Gasteiger partial charge in [0, 0.05) is 14.7 Å². The molecular weight excluding hydrogens is 393 g/mol. The first-order valence-corrected chi connectivity index (χ1v) is 9.69. The number of hydrogen-bond donors (Lipinski definition) is 0. The first kappa shape index (κ1) is 31.8. The van der Waals surface area contributed by atoms with Gasteiger partial charge in [0.25, 0.3) is 0 Å². The van der Waals surface area contributed by atoms with Crippen LogP contribution in [0.4, 0.5) is 28.2 Å². The summed E-state index contributed by atoms with van der Waals surface area (Å²) in [5.41, 5.74) is 0. The van der Waals surface area contributed by atoms with Crippen LogP contribution >= 0.6 is 18.1 Å². The highest BCUT2D eigenvalue weighted by atomic mass is 32.8. The summed E-state index contributed by atoms with van der Waals surface area (Å²) in [4.78, 5) is 4.09. The monoisotopic (exact) mass is 416 g/mol. The zero-order valence-corrected chi connectivity index (χ0v) is 15.6.